The summed E-state index contributed by atoms with van der Waals surface area (Å²) in [6.07, 6.45) is -2.05. The van der Waals surface area contributed by atoms with Crippen molar-refractivity contribution in [2.45, 2.75) is 38.9 Å². The van der Waals surface area contributed by atoms with Gasteiger partial charge in [0.05, 0.1) is 16.6 Å². The Balaban J connectivity index is 1.90. The number of fused-ring (bicyclic) bond motifs is 1. The fourth-order valence-electron chi connectivity index (χ4n) is 4.35. The molecule has 4 rings (SSSR count). The zero-order chi connectivity index (χ0) is 26.4. The maximum atomic E-state index is 14.4. The predicted molar refractivity (Wildman–Crippen MR) is 131 cm³/mol. The fraction of sp³-hybridized carbons (Fsp3) is 0.417. The van der Waals surface area contributed by atoms with Crippen LogP contribution in [-0.2, 0) is 7.05 Å². The molecule has 1 unspecified atom stereocenters. The second kappa shape index (κ2) is 9.27. The largest absolute Gasteiger partial charge is 0.476 e. The number of aromatic carboxylic acids is 1. The molecule has 1 aromatic carbocycles. The molecule has 3 aromatic rings. The molecule has 0 radical (unpaired) electrons. The van der Waals surface area contributed by atoms with E-state index >= 15 is 0 Å². The van der Waals surface area contributed by atoms with E-state index in [1.165, 1.54) is 36.0 Å². The summed E-state index contributed by atoms with van der Waals surface area (Å²) in [7, 11) is 1.53. The van der Waals surface area contributed by atoms with Gasteiger partial charge in [0.15, 0.2) is 11.7 Å². The molecule has 3 heterocycles. The highest BCUT2D eigenvalue weighted by Gasteiger charge is 2.43. The minimum atomic E-state index is -4.89. The lowest BCUT2D eigenvalue weighted by molar-refractivity contribution is -0.143. The van der Waals surface area contributed by atoms with Crippen molar-refractivity contribution in [2.75, 3.05) is 23.3 Å². The van der Waals surface area contributed by atoms with Gasteiger partial charge in [-0.25, -0.2) is 14.8 Å². The van der Waals surface area contributed by atoms with Gasteiger partial charge in [-0.3, -0.25) is 9.36 Å². The van der Waals surface area contributed by atoms with Crippen molar-refractivity contribution in [1.29, 1.82) is 0 Å². The first-order chi connectivity index (χ1) is 16.8. The molecule has 36 heavy (non-hydrogen) atoms. The molecule has 0 amide bonds. The minimum Gasteiger partial charge on any atom is -0.476 e. The van der Waals surface area contributed by atoms with Crippen LogP contribution >= 0.6 is 11.6 Å². The number of carboxylic acid groups (broad SMARTS) is 1. The Kier molecular flexibility index (Phi) is 6.63. The number of anilines is 2. The third-order valence-electron chi connectivity index (χ3n) is 6.50. The fourth-order valence-corrected chi connectivity index (χ4v) is 4.58. The first kappa shape index (κ1) is 25.7. The van der Waals surface area contributed by atoms with Crippen LogP contribution in [0.1, 0.15) is 48.8 Å². The highest BCUT2D eigenvalue weighted by atomic mass is 35.5. The molecule has 0 aliphatic carbocycles. The van der Waals surface area contributed by atoms with Gasteiger partial charge in [0.25, 0.3) is 5.56 Å². The van der Waals surface area contributed by atoms with Gasteiger partial charge >= 0.3 is 12.1 Å². The van der Waals surface area contributed by atoms with Crippen LogP contribution < -0.4 is 15.8 Å². The summed E-state index contributed by atoms with van der Waals surface area (Å²) in [4.78, 5) is 34.9. The van der Waals surface area contributed by atoms with Gasteiger partial charge in [-0.2, -0.15) is 13.2 Å². The molecule has 1 aliphatic heterocycles. The van der Waals surface area contributed by atoms with E-state index in [0.717, 1.165) is 18.9 Å². The Morgan fingerprint density at radius 1 is 1.25 bits per heavy atom. The Bertz CT molecular complexity index is 1380. The molecule has 1 fully saturated rings. The zero-order valence-electron chi connectivity index (χ0n) is 19.9. The number of hydrogen-bond acceptors (Lipinski definition) is 6. The summed E-state index contributed by atoms with van der Waals surface area (Å²) in [5.41, 5.74) is -1.86. The van der Waals surface area contributed by atoms with Crippen LogP contribution in [0.15, 0.2) is 35.3 Å². The van der Waals surface area contributed by atoms with Crippen LogP contribution in [0.4, 0.5) is 24.8 Å². The van der Waals surface area contributed by atoms with E-state index in [2.05, 4.69) is 29.1 Å². The van der Waals surface area contributed by atoms with Gasteiger partial charge in [-0.1, -0.05) is 25.4 Å². The number of pyridine rings is 1. The van der Waals surface area contributed by atoms with Gasteiger partial charge < -0.3 is 15.3 Å². The molecule has 1 atom stereocenters. The van der Waals surface area contributed by atoms with Crippen LogP contribution in [-0.4, -0.2) is 44.9 Å². The molecule has 1 saturated heterocycles. The maximum absolute atomic E-state index is 14.4. The lowest BCUT2D eigenvalue weighted by atomic mass is 9.83. The first-order valence-corrected chi connectivity index (χ1v) is 11.6. The van der Waals surface area contributed by atoms with Crippen molar-refractivity contribution in [2.24, 2.45) is 12.5 Å². The molecule has 0 saturated carbocycles. The van der Waals surface area contributed by atoms with Crippen molar-refractivity contribution >= 4 is 40.1 Å². The summed E-state index contributed by atoms with van der Waals surface area (Å²) >= 11 is 6.16. The number of nitrogens with zero attached hydrogens (tertiary/aromatic N) is 4. The monoisotopic (exact) mass is 523 g/mol. The third-order valence-corrected chi connectivity index (χ3v) is 6.72. The molecule has 2 aromatic heterocycles. The topological polar surface area (TPSA) is 100 Å². The average Bonchev–Trinajstić information content (AvgIpc) is 2.79. The number of hydrogen-bond donors (Lipinski definition) is 2. The highest BCUT2D eigenvalue weighted by Crippen LogP contribution is 2.40. The van der Waals surface area contributed by atoms with E-state index in [0.29, 0.717) is 13.1 Å². The quantitative estimate of drug-likeness (QED) is 0.484. The van der Waals surface area contributed by atoms with Gasteiger partial charge in [0.2, 0.25) is 5.95 Å². The number of halogens is 4. The van der Waals surface area contributed by atoms with Crippen LogP contribution in [0, 0.1) is 5.41 Å². The van der Waals surface area contributed by atoms with E-state index < -0.39 is 29.4 Å². The molecule has 2 N–H and O–H groups in total. The summed E-state index contributed by atoms with van der Waals surface area (Å²) < 4.78 is 44.5. The van der Waals surface area contributed by atoms with Gasteiger partial charge in [-0.15, -0.1) is 0 Å². The predicted octanol–water partition coefficient (Wildman–Crippen LogP) is 5.02. The Labute approximate surface area is 209 Å². The van der Waals surface area contributed by atoms with Gasteiger partial charge in [0.1, 0.15) is 0 Å². The SMILES string of the molecule is Cn1c(N2CCC(C)(C)CC2)nc2c(C(Nc3cccnc3C(=O)O)C(F)(F)F)cc(Cl)cc2c1=O. The number of carbonyl (C=O) groups is 1. The standard InChI is InChI=1S/C24H25ClF3N5O3/c1-23(2)6-9-33(10-7-23)22-31-17-14(11-13(25)12-15(17)20(34)32(22)3)19(24(26,27)28)30-16-5-4-8-29-18(16)21(35)36/h4-5,8,11-12,19,30H,6-7,9-10H2,1-3H3,(H,35,36). The molecule has 192 valence electrons. The summed E-state index contributed by atoms with van der Waals surface area (Å²) in [6.45, 7) is 5.47. The zero-order valence-corrected chi connectivity index (χ0v) is 20.6. The Hall–Kier alpha value is -3.34. The van der Waals surface area contributed by atoms with E-state index in [-0.39, 0.29) is 38.5 Å². The summed E-state index contributed by atoms with van der Waals surface area (Å²) in [5, 5.41) is 11.5. The average molecular weight is 524 g/mol. The number of benzene rings is 1. The number of piperidine rings is 1. The number of nitrogens with one attached hydrogen (secondary N) is 1. The second-order valence-corrected chi connectivity index (χ2v) is 10.1. The smallest absolute Gasteiger partial charge is 0.412 e. The van der Waals surface area contributed by atoms with Gasteiger partial charge in [0, 0.05) is 36.9 Å². The van der Waals surface area contributed by atoms with Crippen molar-refractivity contribution in [1.82, 2.24) is 14.5 Å². The van der Waals surface area contributed by atoms with E-state index in [1.807, 2.05) is 4.90 Å². The minimum absolute atomic E-state index is 0.0678. The number of rotatable bonds is 5. The first-order valence-electron chi connectivity index (χ1n) is 11.3. The van der Waals surface area contributed by atoms with E-state index in [4.69, 9.17) is 11.6 Å². The lowest BCUT2D eigenvalue weighted by Crippen LogP contribution is -2.40. The normalized spacial score (nSPS) is 16.7. The summed E-state index contributed by atoms with van der Waals surface area (Å²) in [5.74, 6) is -1.22. The molecular weight excluding hydrogens is 499 g/mol. The maximum Gasteiger partial charge on any atom is 0.412 e. The van der Waals surface area contributed by atoms with Crippen molar-refractivity contribution in [3.8, 4) is 0 Å². The van der Waals surface area contributed by atoms with E-state index in [1.54, 1.807) is 0 Å². The van der Waals surface area contributed by atoms with Crippen LogP contribution in [0.3, 0.4) is 0 Å². The van der Waals surface area contributed by atoms with E-state index in [9.17, 15) is 27.9 Å². The van der Waals surface area contributed by atoms with Gasteiger partial charge in [-0.05, 0) is 42.5 Å². The number of alkyl halides is 3. The number of aromatic nitrogens is 3. The molecule has 0 spiro atoms. The van der Waals surface area contributed by atoms with Crippen LogP contribution in [0.25, 0.3) is 10.9 Å². The van der Waals surface area contributed by atoms with Crippen molar-refractivity contribution < 1.29 is 23.1 Å². The molecule has 1 aliphatic rings. The molecule has 8 nitrogen and oxygen atoms in total. The number of carboxylic acids is 1. The van der Waals surface area contributed by atoms with Crippen LogP contribution in [0.2, 0.25) is 5.02 Å². The molecule has 12 heteroatoms. The Morgan fingerprint density at radius 2 is 1.92 bits per heavy atom. The second-order valence-electron chi connectivity index (χ2n) is 9.64. The third kappa shape index (κ3) is 4.97. The lowest BCUT2D eigenvalue weighted by Gasteiger charge is -2.38. The highest BCUT2D eigenvalue weighted by molar-refractivity contribution is 6.31. The van der Waals surface area contributed by atoms with Crippen molar-refractivity contribution in [3.63, 3.8) is 0 Å². The summed E-state index contributed by atoms with van der Waals surface area (Å²) in [6, 6.07) is 2.49. The van der Waals surface area contributed by atoms with Crippen molar-refractivity contribution in [3.05, 3.63) is 57.1 Å². The molecular formula is C24H25ClF3N5O3. The Morgan fingerprint density at radius 3 is 2.53 bits per heavy atom. The van der Waals surface area contributed by atoms with Crippen LogP contribution in [0.5, 0.6) is 0 Å². The molecule has 0 bridgehead atoms.